The van der Waals surface area contributed by atoms with Crippen LogP contribution < -0.4 is 27.4 Å². The second-order valence-corrected chi connectivity index (χ2v) is 21.6. The normalized spacial score (nSPS) is 21.1. The molecule has 0 bridgehead atoms. The first-order valence-corrected chi connectivity index (χ1v) is 27.0. The number of fused-ring (bicyclic) bond motifs is 3. The van der Waals surface area contributed by atoms with Gasteiger partial charge in [-0.25, -0.2) is 9.97 Å². The molecule has 5 unspecified atom stereocenters. The van der Waals surface area contributed by atoms with Crippen molar-refractivity contribution < 1.29 is 14.3 Å². The molecule has 2 aromatic heterocycles. The van der Waals surface area contributed by atoms with E-state index in [2.05, 4.69) is 46.3 Å². The van der Waals surface area contributed by atoms with Gasteiger partial charge in [0.15, 0.2) is 11.6 Å². The first-order chi connectivity index (χ1) is 30.5. The van der Waals surface area contributed by atoms with Gasteiger partial charge in [0.25, 0.3) is 0 Å². The third kappa shape index (κ3) is 16.5. The number of carbonyl (C=O) groups is 2. The Labute approximate surface area is 386 Å². The van der Waals surface area contributed by atoms with E-state index in [0.717, 1.165) is 72.4 Å². The average molecular weight is 908 g/mol. The number of Topliss-reactive ketones (excluding diaryl/α,β-unsaturated/α-hetero) is 1. The smallest absolute Gasteiger partial charge is 0.220 e. The second kappa shape index (κ2) is 26.9. The first-order valence-electron chi connectivity index (χ1n) is 24.5. The number of anilines is 1. The summed E-state index contributed by atoms with van der Waals surface area (Å²) < 4.78 is 7.92. The van der Waals surface area contributed by atoms with Gasteiger partial charge in [0, 0.05) is 73.5 Å². The minimum Gasteiger partial charge on any atom is -0.382 e. The number of nitrogen functional groups attached to an aromatic ring is 1. The van der Waals surface area contributed by atoms with Crippen LogP contribution in [0.5, 0.6) is 0 Å². The van der Waals surface area contributed by atoms with E-state index in [0.29, 0.717) is 68.0 Å². The van der Waals surface area contributed by atoms with Gasteiger partial charge in [0.1, 0.15) is 17.9 Å². The van der Waals surface area contributed by atoms with Gasteiger partial charge in [0.2, 0.25) is 5.91 Å². The van der Waals surface area contributed by atoms with Gasteiger partial charge >= 0.3 is 0 Å². The maximum Gasteiger partial charge on any atom is 0.220 e. The fourth-order valence-electron chi connectivity index (χ4n) is 9.99. The summed E-state index contributed by atoms with van der Waals surface area (Å²) in [6.45, 7) is 11.2. The number of nitrogens with two attached hydrogens (primary N) is 2. The molecular formula is C49H81N9O3S2. The molecule has 8 N–H and O–H groups in total. The van der Waals surface area contributed by atoms with E-state index in [4.69, 9.17) is 26.6 Å². The Kier molecular flexibility index (Phi) is 21.8. The number of hydrogen-bond acceptors (Lipinski definition) is 11. The summed E-state index contributed by atoms with van der Waals surface area (Å²) in [7, 11) is 3.49. The standard InChI is InChI=1S/C49H81N9O3S2/c1-5-61-33-42-57-45-46(38-23-16-17-24-39(38)56-48(45)51)58(42)34-49(4,52)31-35(2)32-54-43(59)27-30-63-62-29-20-26-41(50)53-28-19-18-25-40-47(60)44(36(3)55-40)37-21-14-12-10-8-6-7-9-11-13-15-22-37/h16-17,23-24,35-37,40,44,55H,5-15,18-22,25-34,52H2,1-4H3,(H2,50,53)(H2,51,56)(H,54,59). The van der Waals surface area contributed by atoms with Crippen LogP contribution in [-0.2, 0) is 27.5 Å². The van der Waals surface area contributed by atoms with Gasteiger partial charge in [-0.05, 0) is 83.6 Å². The fraction of sp³-hybridized carbons (Fsp3) is 0.735. The molecule has 2 fully saturated rings. The molecule has 1 amide bonds. The van der Waals surface area contributed by atoms with Crippen LogP contribution in [0, 0.1) is 23.2 Å². The maximum atomic E-state index is 13.6. The molecule has 5 rings (SSSR count). The first kappa shape index (κ1) is 51.1. The van der Waals surface area contributed by atoms with Crippen molar-refractivity contribution in [1.82, 2.24) is 30.5 Å². The zero-order valence-electron chi connectivity index (χ0n) is 39.1. The zero-order valence-corrected chi connectivity index (χ0v) is 40.8. The molecule has 12 nitrogen and oxygen atoms in total. The van der Waals surface area contributed by atoms with E-state index >= 15 is 0 Å². The largest absolute Gasteiger partial charge is 0.382 e. The number of unbranched alkanes of at least 4 members (excludes halogenated alkanes) is 1. The molecule has 0 spiro atoms. The monoisotopic (exact) mass is 908 g/mol. The molecule has 2 aliphatic rings. The van der Waals surface area contributed by atoms with Gasteiger partial charge in [-0.2, -0.15) is 0 Å². The van der Waals surface area contributed by atoms with Crippen LogP contribution in [0.3, 0.4) is 0 Å². The van der Waals surface area contributed by atoms with Crippen molar-refractivity contribution in [2.45, 2.75) is 180 Å². The van der Waals surface area contributed by atoms with Gasteiger partial charge in [-0.3, -0.25) is 15.0 Å². The fourth-order valence-corrected chi connectivity index (χ4v) is 12.1. The number of ether oxygens (including phenoxy) is 1. The molecule has 1 saturated carbocycles. The van der Waals surface area contributed by atoms with Crippen molar-refractivity contribution in [2.24, 2.45) is 23.5 Å². The topological polar surface area (TPSA) is 186 Å². The Bertz CT molecular complexity index is 1860. The van der Waals surface area contributed by atoms with Gasteiger partial charge in [-0.1, -0.05) is 111 Å². The summed E-state index contributed by atoms with van der Waals surface area (Å²) in [5.74, 6) is 4.84. The summed E-state index contributed by atoms with van der Waals surface area (Å²) in [4.78, 5) is 35.8. The minimum absolute atomic E-state index is 0.00638. The highest BCUT2D eigenvalue weighted by Gasteiger charge is 2.42. The highest BCUT2D eigenvalue weighted by atomic mass is 33.1. The summed E-state index contributed by atoms with van der Waals surface area (Å²) in [6.07, 6.45) is 21.5. The number of hydrogen-bond donors (Lipinski definition) is 6. The number of aromatic nitrogens is 3. The molecule has 1 aromatic carbocycles. The third-order valence-corrected chi connectivity index (χ3v) is 15.6. The molecule has 352 valence electrons. The van der Waals surface area contributed by atoms with E-state index in [9.17, 15) is 9.59 Å². The highest BCUT2D eigenvalue weighted by Crippen LogP contribution is 2.35. The number of para-hydroxylation sites is 1. The number of amides is 1. The summed E-state index contributed by atoms with van der Waals surface area (Å²) in [6, 6.07) is 8.22. The number of pyridine rings is 1. The third-order valence-electron chi connectivity index (χ3n) is 13.1. The van der Waals surface area contributed by atoms with Gasteiger partial charge in [0.05, 0.1) is 22.9 Å². The summed E-state index contributed by atoms with van der Waals surface area (Å²) in [5.41, 5.74) is 15.2. The second-order valence-electron chi connectivity index (χ2n) is 18.9. The Morgan fingerprint density at radius 2 is 1.67 bits per heavy atom. The molecule has 1 saturated heterocycles. The molecule has 1 aliphatic carbocycles. The minimum atomic E-state index is -0.584. The number of rotatable bonds is 23. The molecule has 63 heavy (non-hydrogen) atoms. The van der Waals surface area contributed by atoms with Crippen molar-refractivity contribution in [3.05, 3.63) is 30.1 Å². The van der Waals surface area contributed by atoms with E-state index in [-0.39, 0.29) is 29.8 Å². The number of benzene rings is 1. The quantitative estimate of drug-likeness (QED) is 0.0230. The van der Waals surface area contributed by atoms with Crippen LogP contribution in [0.2, 0.25) is 0 Å². The van der Waals surface area contributed by atoms with Crippen molar-refractivity contribution in [1.29, 1.82) is 5.41 Å². The van der Waals surface area contributed by atoms with Crippen LogP contribution >= 0.6 is 21.6 Å². The van der Waals surface area contributed by atoms with Gasteiger partial charge < -0.3 is 36.7 Å². The average Bonchev–Trinajstić information content (AvgIpc) is 3.76. The van der Waals surface area contributed by atoms with Crippen molar-refractivity contribution in [3.63, 3.8) is 0 Å². The van der Waals surface area contributed by atoms with E-state index in [1.165, 1.54) is 77.0 Å². The molecular weight excluding hydrogens is 827 g/mol. The van der Waals surface area contributed by atoms with Crippen LogP contribution in [0.4, 0.5) is 5.82 Å². The number of nitrogens with zero attached hydrogens (tertiary/aromatic N) is 3. The van der Waals surface area contributed by atoms with Gasteiger partial charge in [-0.15, -0.1) is 0 Å². The van der Waals surface area contributed by atoms with E-state index in [1.54, 1.807) is 21.6 Å². The number of amidine groups is 1. The highest BCUT2D eigenvalue weighted by molar-refractivity contribution is 8.76. The number of nitrogens with one attached hydrogen (secondary N) is 4. The number of carbonyl (C=O) groups excluding carboxylic acids is 2. The molecule has 1 aliphatic heterocycles. The maximum absolute atomic E-state index is 13.6. The number of ketones is 1. The Morgan fingerprint density at radius 3 is 2.38 bits per heavy atom. The number of imidazole rings is 1. The molecule has 3 heterocycles. The van der Waals surface area contributed by atoms with Crippen molar-refractivity contribution >= 4 is 66.9 Å². The molecule has 0 radical (unpaired) electrons. The van der Waals surface area contributed by atoms with Crippen LogP contribution in [0.25, 0.3) is 21.9 Å². The predicted molar refractivity (Wildman–Crippen MR) is 266 cm³/mol. The van der Waals surface area contributed by atoms with Crippen molar-refractivity contribution in [2.75, 3.05) is 36.9 Å². The van der Waals surface area contributed by atoms with Crippen LogP contribution in [-0.4, -0.2) is 80.9 Å². The van der Waals surface area contributed by atoms with Crippen molar-refractivity contribution in [3.8, 4) is 0 Å². The van der Waals surface area contributed by atoms with Crippen LogP contribution in [0.1, 0.15) is 156 Å². The lowest BCUT2D eigenvalue weighted by Gasteiger charge is -2.30. The van der Waals surface area contributed by atoms with E-state index < -0.39 is 5.54 Å². The van der Waals surface area contributed by atoms with Crippen LogP contribution in [0.15, 0.2) is 24.3 Å². The Morgan fingerprint density at radius 1 is 0.984 bits per heavy atom. The molecule has 5 atom stereocenters. The Balaban J connectivity index is 0.905. The summed E-state index contributed by atoms with van der Waals surface area (Å²) >= 11 is 0. The lowest BCUT2D eigenvalue weighted by atomic mass is 9.78. The summed E-state index contributed by atoms with van der Waals surface area (Å²) in [5, 5.41) is 19.5. The Hall–Kier alpha value is -2.91. The zero-order chi connectivity index (χ0) is 45.0. The lowest BCUT2D eigenvalue weighted by molar-refractivity contribution is -0.124. The molecule has 3 aromatic rings. The molecule has 14 heteroatoms. The van der Waals surface area contributed by atoms with E-state index in [1.807, 2.05) is 31.2 Å². The predicted octanol–water partition coefficient (Wildman–Crippen LogP) is 9.71. The lowest BCUT2D eigenvalue weighted by Crippen LogP contribution is -2.44. The SMILES string of the molecule is CCOCc1nc2c(N)nc3ccccc3c2n1CC(C)(N)CC(C)CNC(=O)CCSSCCCC(=N)NCCCCC1NC(C)C(C2CCCCCCCCCCCC2)C1=O.